The molecule has 1 aromatic carbocycles. The third-order valence-electron chi connectivity index (χ3n) is 4.02. The molecule has 28 heavy (non-hydrogen) atoms. The molecule has 142 valence electrons. The Balaban J connectivity index is 1.48. The van der Waals surface area contributed by atoms with E-state index in [2.05, 4.69) is 43.5 Å². The summed E-state index contributed by atoms with van der Waals surface area (Å²) in [6.45, 7) is 0.202. The van der Waals surface area contributed by atoms with Gasteiger partial charge >= 0.3 is 0 Å². The average Bonchev–Trinajstić information content (AvgIpc) is 2.69. The molecule has 1 N–H and O–H groups in total. The summed E-state index contributed by atoms with van der Waals surface area (Å²) >= 11 is 6.02. The Bertz CT molecular complexity index is 970. The summed E-state index contributed by atoms with van der Waals surface area (Å²) in [7, 11) is 0. The zero-order valence-electron chi connectivity index (χ0n) is 15.0. The number of aromatic nitrogens is 3. The minimum atomic E-state index is 0.0411. The number of rotatable bonds is 5. The van der Waals surface area contributed by atoms with E-state index in [4.69, 9.17) is 21.1 Å². The third-order valence-corrected chi connectivity index (χ3v) is 4.19. The van der Waals surface area contributed by atoms with Crippen LogP contribution in [0.5, 0.6) is 0 Å². The minimum absolute atomic E-state index is 0.0411. The van der Waals surface area contributed by atoms with Crippen molar-refractivity contribution in [2.75, 3.05) is 11.9 Å². The van der Waals surface area contributed by atoms with E-state index >= 15 is 0 Å². The number of anilines is 2. The van der Waals surface area contributed by atoms with Crippen molar-refractivity contribution in [2.24, 2.45) is 4.99 Å². The van der Waals surface area contributed by atoms with Crippen molar-refractivity contribution < 1.29 is 9.47 Å². The Morgan fingerprint density at radius 2 is 2.04 bits per heavy atom. The van der Waals surface area contributed by atoms with Gasteiger partial charge in [-0.2, -0.15) is 19.9 Å². The number of para-hydroxylation sites is 1. The Labute approximate surface area is 167 Å². The van der Waals surface area contributed by atoms with Crippen LogP contribution < -0.4 is 5.32 Å². The third kappa shape index (κ3) is 4.95. The predicted molar refractivity (Wildman–Crippen MR) is 108 cm³/mol. The summed E-state index contributed by atoms with van der Waals surface area (Å²) in [6.07, 6.45) is 10.7. The van der Waals surface area contributed by atoms with Crippen molar-refractivity contribution >= 4 is 35.1 Å². The topological polar surface area (TPSA) is 81.5 Å². The van der Waals surface area contributed by atoms with Crippen LogP contribution in [0.1, 0.15) is 19.3 Å². The fourth-order valence-corrected chi connectivity index (χ4v) is 2.93. The molecule has 0 saturated heterocycles. The molecular weight excluding hydrogens is 378 g/mol. The normalized spacial score (nSPS) is 17.4. The molecule has 0 amide bonds. The number of benzene rings is 1. The van der Waals surface area contributed by atoms with Crippen molar-refractivity contribution in [3.8, 4) is 0 Å². The van der Waals surface area contributed by atoms with Crippen LogP contribution in [0.3, 0.4) is 0 Å². The number of nitrogens with zero attached hydrogens (tertiary/aromatic N) is 4. The van der Waals surface area contributed by atoms with Gasteiger partial charge in [-0.1, -0.05) is 42.0 Å². The summed E-state index contributed by atoms with van der Waals surface area (Å²) < 4.78 is 11.3. The molecule has 0 unspecified atom stereocenters. The molecule has 0 atom stereocenters. The zero-order chi connectivity index (χ0) is 19.2. The number of hydrogen-bond acceptors (Lipinski definition) is 7. The second-order valence-corrected chi connectivity index (χ2v) is 6.53. The maximum Gasteiger partial charge on any atom is 0.258 e. The molecule has 2 aromatic rings. The van der Waals surface area contributed by atoms with Crippen LogP contribution in [0.25, 0.3) is 0 Å². The molecule has 0 saturated carbocycles. The SMILES string of the molecule is Clc1nc(N=C2COC=C(CC3=CC=CCC3)O2)nc(Nc2ccccc2)n1. The van der Waals surface area contributed by atoms with E-state index in [0.717, 1.165) is 18.5 Å². The van der Waals surface area contributed by atoms with E-state index in [1.807, 2.05) is 30.3 Å². The van der Waals surface area contributed by atoms with Crippen LogP contribution in [0.2, 0.25) is 5.28 Å². The average molecular weight is 396 g/mol. The number of aliphatic imine (C=N–C) groups is 1. The summed E-state index contributed by atoms with van der Waals surface area (Å²) in [4.78, 5) is 16.7. The lowest BCUT2D eigenvalue weighted by Crippen LogP contribution is -2.17. The van der Waals surface area contributed by atoms with Crippen LogP contribution in [-0.4, -0.2) is 27.5 Å². The smallest absolute Gasteiger partial charge is 0.258 e. The zero-order valence-corrected chi connectivity index (χ0v) is 15.8. The van der Waals surface area contributed by atoms with Gasteiger partial charge in [-0.15, -0.1) is 0 Å². The monoisotopic (exact) mass is 395 g/mol. The number of nitrogens with one attached hydrogen (secondary N) is 1. The maximum absolute atomic E-state index is 6.02. The van der Waals surface area contributed by atoms with Gasteiger partial charge in [0, 0.05) is 12.1 Å². The molecule has 1 aromatic heterocycles. The molecule has 0 radical (unpaired) electrons. The molecular formula is C20H18ClN5O2. The molecule has 2 heterocycles. The molecule has 1 aliphatic heterocycles. The Morgan fingerprint density at radius 1 is 1.14 bits per heavy atom. The highest BCUT2D eigenvalue weighted by atomic mass is 35.5. The lowest BCUT2D eigenvalue weighted by Gasteiger charge is -2.18. The van der Waals surface area contributed by atoms with Crippen molar-refractivity contribution in [1.29, 1.82) is 0 Å². The summed E-state index contributed by atoms with van der Waals surface area (Å²) in [5.41, 5.74) is 2.12. The fourth-order valence-electron chi connectivity index (χ4n) is 2.77. The second kappa shape index (κ2) is 8.67. The lowest BCUT2D eigenvalue weighted by molar-refractivity contribution is 0.211. The van der Waals surface area contributed by atoms with Gasteiger partial charge in [0.15, 0.2) is 6.61 Å². The van der Waals surface area contributed by atoms with Crippen LogP contribution in [0.4, 0.5) is 17.6 Å². The highest BCUT2D eigenvalue weighted by molar-refractivity contribution is 6.28. The lowest BCUT2D eigenvalue weighted by atomic mass is 10.0. The van der Waals surface area contributed by atoms with Crippen LogP contribution >= 0.6 is 11.6 Å². The Kier molecular flexibility index (Phi) is 5.63. The quantitative estimate of drug-likeness (QED) is 0.779. The molecule has 0 fully saturated rings. The Morgan fingerprint density at radius 3 is 2.86 bits per heavy atom. The Hall–Kier alpha value is -3.19. The van der Waals surface area contributed by atoms with Gasteiger partial charge < -0.3 is 14.8 Å². The largest absolute Gasteiger partial charge is 0.488 e. The van der Waals surface area contributed by atoms with Gasteiger partial charge in [0.2, 0.25) is 17.1 Å². The molecule has 1 aliphatic carbocycles. The second-order valence-electron chi connectivity index (χ2n) is 6.19. The van der Waals surface area contributed by atoms with Gasteiger partial charge in [-0.25, -0.2) is 0 Å². The van der Waals surface area contributed by atoms with Crippen molar-refractivity contribution in [3.05, 3.63) is 71.4 Å². The molecule has 8 heteroatoms. The maximum atomic E-state index is 6.02. The highest BCUT2D eigenvalue weighted by Gasteiger charge is 2.16. The summed E-state index contributed by atoms with van der Waals surface area (Å²) in [5, 5.41) is 3.11. The van der Waals surface area contributed by atoms with Gasteiger partial charge in [-0.05, 0) is 36.6 Å². The summed E-state index contributed by atoms with van der Waals surface area (Å²) in [5.74, 6) is 1.53. The van der Waals surface area contributed by atoms with E-state index in [-0.39, 0.29) is 17.8 Å². The summed E-state index contributed by atoms with van der Waals surface area (Å²) in [6, 6.07) is 9.53. The first-order chi connectivity index (χ1) is 13.7. The van der Waals surface area contributed by atoms with E-state index in [9.17, 15) is 0 Å². The fraction of sp³-hybridized carbons (Fsp3) is 0.200. The molecule has 7 nitrogen and oxygen atoms in total. The first-order valence-corrected chi connectivity index (χ1v) is 9.27. The minimum Gasteiger partial charge on any atom is -0.488 e. The van der Waals surface area contributed by atoms with Crippen molar-refractivity contribution in [1.82, 2.24) is 15.0 Å². The molecule has 4 rings (SSSR count). The molecule has 2 aliphatic rings. The van der Waals surface area contributed by atoms with E-state index < -0.39 is 0 Å². The van der Waals surface area contributed by atoms with Gasteiger partial charge in [0.05, 0.1) is 0 Å². The standard InChI is InChI=1S/C20H18ClN5O2/c21-18-24-19(22-15-9-5-2-6-10-15)26-20(25-18)23-17-13-27-12-16(28-17)11-14-7-3-1-4-8-14/h1-3,5-7,9-10,12H,4,8,11,13H2,(H,22,24,25,26). The number of allylic oxidation sites excluding steroid dienone is 4. The van der Waals surface area contributed by atoms with E-state index in [1.54, 1.807) is 6.26 Å². The first-order valence-electron chi connectivity index (χ1n) is 8.89. The van der Waals surface area contributed by atoms with Gasteiger partial charge in [0.25, 0.3) is 5.95 Å². The van der Waals surface area contributed by atoms with E-state index in [0.29, 0.717) is 24.0 Å². The first kappa shape index (κ1) is 18.2. The van der Waals surface area contributed by atoms with E-state index in [1.165, 1.54) is 5.57 Å². The van der Waals surface area contributed by atoms with Crippen molar-refractivity contribution in [2.45, 2.75) is 19.3 Å². The van der Waals surface area contributed by atoms with Crippen LogP contribution in [0.15, 0.2) is 71.1 Å². The predicted octanol–water partition coefficient (Wildman–Crippen LogP) is 4.85. The number of ether oxygens (including phenoxy) is 2. The highest BCUT2D eigenvalue weighted by Crippen LogP contribution is 2.23. The number of hydrogen-bond donors (Lipinski definition) is 1. The number of halogens is 1. The van der Waals surface area contributed by atoms with Gasteiger partial charge in [0.1, 0.15) is 12.0 Å². The molecule has 0 bridgehead atoms. The van der Waals surface area contributed by atoms with Crippen LogP contribution in [-0.2, 0) is 9.47 Å². The van der Waals surface area contributed by atoms with Crippen molar-refractivity contribution in [3.63, 3.8) is 0 Å². The van der Waals surface area contributed by atoms with Gasteiger partial charge in [-0.3, -0.25) is 0 Å². The molecule has 0 spiro atoms. The van der Waals surface area contributed by atoms with Crippen LogP contribution in [0, 0.1) is 0 Å².